The highest BCUT2D eigenvalue weighted by molar-refractivity contribution is 8.10. The molecule has 3 aromatic rings. The van der Waals surface area contributed by atoms with Crippen molar-refractivity contribution in [1.82, 2.24) is 9.80 Å². The molecule has 4 atom stereocenters. The van der Waals surface area contributed by atoms with Crippen LogP contribution in [0.1, 0.15) is 59.7 Å². The fraction of sp³-hybridized carbons (Fsp3) is 0.316. The molecule has 10 nitrogen and oxygen atoms in total. The molecule has 256 valence electrons. The number of sulfone groups is 2. The van der Waals surface area contributed by atoms with Gasteiger partial charge in [-0.3, -0.25) is 29.0 Å². The quantitative estimate of drug-likeness (QED) is 0.264. The lowest BCUT2D eigenvalue weighted by Crippen LogP contribution is -2.54. The molecular formula is C38H34N2O8S2. The molecule has 0 spiro atoms. The zero-order chi connectivity index (χ0) is 35.2. The summed E-state index contributed by atoms with van der Waals surface area (Å²) in [6, 6.07) is 20.5. The summed E-state index contributed by atoms with van der Waals surface area (Å²) in [6.45, 7) is 1.81. The minimum Gasteiger partial charge on any atom is -0.282 e. The number of amides is 4. The molecule has 3 aliphatic carbocycles. The fourth-order valence-electron chi connectivity index (χ4n) is 8.99. The van der Waals surface area contributed by atoms with Crippen LogP contribution < -0.4 is 0 Å². The van der Waals surface area contributed by atoms with E-state index in [4.69, 9.17) is 0 Å². The first kappa shape index (κ1) is 32.5. The third kappa shape index (κ3) is 4.30. The molecule has 2 heterocycles. The first-order chi connectivity index (χ1) is 23.9. The van der Waals surface area contributed by atoms with E-state index in [1.54, 1.807) is 73.7 Å². The number of nitrogens with zero attached hydrogens (tertiary/aromatic N) is 2. The number of likely N-dealkylation sites (tertiary alicyclic amines) is 1. The maximum atomic E-state index is 14.8. The second-order valence-corrected chi connectivity index (χ2v) is 18.3. The number of hydrogen-bond donors (Lipinski definition) is 0. The molecule has 8 rings (SSSR count). The number of allylic oxidation sites excluding steroid dienone is 3. The van der Waals surface area contributed by atoms with Crippen molar-refractivity contribution >= 4 is 43.3 Å². The van der Waals surface area contributed by atoms with Crippen LogP contribution in [0.5, 0.6) is 0 Å². The zero-order valence-electron chi connectivity index (χ0n) is 27.2. The van der Waals surface area contributed by atoms with Crippen molar-refractivity contribution in [3.63, 3.8) is 0 Å². The molecule has 0 N–H and O–H groups in total. The standard InChI is InChI=1S/C38H34N2O8S2/c1-2-39-34(41)30-21-29-26(33(32(30)37(39)44)40-35(42)27-15-9-10-16-28(27)36(40)43)18-17-23-19-20-38(22-31(23)29,49(45,46)24-11-5-3-6-12-24)50(47,48)25-13-7-4-8-14-25/h3-16,19,30-33H,2,17-18,20-22H2,1H3/t30-,31+,32-,33+/m0/s1. The second-order valence-electron chi connectivity index (χ2n) is 13.6. The van der Waals surface area contributed by atoms with Crippen LogP contribution in [0.25, 0.3) is 0 Å². The van der Waals surface area contributed by atoms with E-state index in [2.05, 4.69) is 0 Å². The molecule has 0 aromatic heterocycles. The average molecular weight is 711 g/mol. The van der Waals surface area contributed by atoms with Crippen LogP contribution in [0.3, 0.4) is 0 Å². The Hall–Kier alpha value is -4.68. The normalized spacial score (nSPS) is 26.0. The third-order valence-electron chi connectivity index (χ3n) is 11.4. The van der Waals surface area contributed by atoms with Gasteiger partial charge in [0.25, 0.3) is 11.8 Å². The molecule has 0 unspecified atom stereocenters. The summed E-state index contributed by atoms with van der Waals surface area (Å²) in [4.78, 5) is 57.8. The largest absolute Gasteiger partial charge is 0.282 e. The van der Waals surface area contributed by atoms with Gasteiger partial charge in [0.05, 0.1) is 38.8 Å². The van der Waals surface area contributed by atoms with E-state index in [0.29, 0.717) is 24.0 Å². The minimum absolute atomic E-state index is 0.0929. The van der Waals surface area contributed by atoms with E-state index in [1.807, 2.05) is 0 Å². The predicted octanol–water partition coefficient (Wildman–Crippen LogP) is 4.75. The van der Waals surface area contributed by atoms with E-state index in [1.165, 1.54) is 29.2 Å². The van der Waals surface area contributed by atoms with Crippen LogP contribution >= 0.6 is 0 Å². The van der Waals surface area contributed by atoms with E-state index < -0.39 is 71.2 Å². The van der Waals surface area contributed by atoms with Gasteiger partial charge in [-0.15, -0.1) is 0 Å². The van der Waals surface area contributed by atoms with Crippen molar-refractivity contribution in [2.75, 3.05) is 6.54 Å². The molecule has 4 amide bonds. The number of carbonyl (C=O) groups excluding carboxylic acids is 4. The summed E-state index contributed by atoms with van der Waals surface area (Å²) in [5, 5.41) is 0. The molecule has 1 fully saturated rings. The zero-order valence-corrected chi connectivity index (χ0v) is 28.8. The molecule has 5 aliphatic rings. The lowest BCUT2D eigenvalue weighted by atomic mass is 9.63. The highest BCUT2D eigenvalue weighted by atomic mass is 32.3. The lowest BCUT2D eigenvalue weighted by molar-refractivity contribution is -0.139. The average Bonchev–Trinajstić information content (AvgIpc) is 3.54. The van der Waals surface area contributed by atoms with Crippen molar-refractivity contribution < 1.29 is 36.0 Å². The molecule has 1 saturated heterocycles. The second kappa shape index (κ2) is 11.4. The summed E-state index contributed by atoms with van der Waals surface area (Å²) in [5.74, 6) is -4.60. The van der Waals surface area contributed by atoms with Crippen LogP contribution in [0.15, 0.2) is 118 Å². The van der Waals surface area contributed by atoms with Gasteiger partial charge in [0, 0.05) is 18.9 Å². The lowest BCUT2D eigenvalue weighted by Gasteiger charge is -2.47. The van der Waals surface area contributed by atoms with Crippen molar-refractivity contribution in [2.24, 2.45) is 17.8 Å². The van der Waals surface area contributed by atoms with Gasteiger partial charge in [-0.25, -0.2) is 16.8 Å². The van der Waals surface area contributed by atoms with Crippen molar-refractivity contribution in [3.05, 3.63) is 119 Å². The van der Waals surface area contributed by atoms with Gasteiger partial charge in [0.15, 0.2) is 23.8 Å². The SMILES string of the molecule is CCN1C(=O)[C@H]2[C@H](CC3=C(CCC4=CCC(S(=O)(=O)c5ccccc5)(S(=O)(=O)c5ccccc5)C[C@H]43)[C@H]2N2C(=O)c3ccccc3C2=O)C1=O. The maximum Gasteiger partial charge on any atom is 0.262 e. The van der Waals surface area contributed by atoms with E-state index in [-0.39, 0.29) is 46.7 Å². The van der Waals surface area contributed by atoms with E-state index in [0.717, 1.165) is 10.5 Å². The molecule has 0 saturated carbocycles. The Morgan fingerprint density at radius 1 is 0.700 bits per heavy atom. The summed E-state index contributed by atoms with van der Waals surface area (Å²) in [5.41, 5.74) is 2.55. The van der Waals surface area contributed by atoms with Crippen molar-refractivity contribution in [3.8, 4) is 0 Å². The number of imide groups is 2. The van der Waals surface area contributed by atoms with Crippen LogP contribution in [-0.4, -0.2) is 66.9 Å². The van der Waals surface area contributed by atoms with E-state index in [9.17, 15) is 36.0 Å². The number of rotatable bonds is 6. The minimum atomic E-state index is -4.55. The molecule has 2 aliphatic heterocycles. The van der Waals surface area contributed by atoms with Gasteiger partial charge in [0.1, 0.15) is 0 Å². The van der Waals surface area contributed by atoms with Crippen LogP contribution in [0.2, 0.25) is 0 Å². The Kier molecular flexibility index (Phi) is 7.43. The highest BCUT2D eigenvalue weighted by Gasteiger charge is 2.63. The summed E-state index contributed by atoms with van der Waals surface area (Å²) in [6.07, 6.45) is 2.02. The maximum absolute atomic E-state index is 14.8. The Morgan fingerprint density at radius 3 is 1.78 bits per heavy atom. The Balaban J connectivity index is 1.32. The summed E-state index contributed by atoms with van der Waals surface area (Å²) < 4.78 is 56.8. The van der Waals surface area contributed by atoms with Crippen LogP contribution in [-0.2, 0) is 29.3 Å². The van der Waals surface area contributed by atoms with Crippen molar-refractivity contribution in [2.45, 2.75) is 58.9 Å². The fourth-order valence-corrected chi connectivity index (χ4v) is 14.0. The monoisotopic (exact) mass is 710 g/mol. The Morgan fingerprint density at radius 2 is 1.24 bits per heavy atom. The summed E-state index contributed by atoms with van der Waals surface area (Å²) >= 11 is 0. The van der Waals surface area contributed by atoms with Gasteiger partial charge >= 0.3 is 0 Å². The molecule has 12 heteroatoms. The van der Waals surface area contributed by atoms with Gasteiger partial charge < -0.3 is 0 Å². The van der Waals surface area contributed by atoms with Gasteiger partial charge in [0.2, 0.25) is 11.8 Å². The third-order valence-corrected chi connectivity index (χ3v) is 17.1. The number of fused-ring (bicyclic) bond motifs is 4. The molecule has 0 bridgehead atoms. The summed E-state index contributed by atoms with van der Waals surface area (Å²) in [7, 11) is -9.11. The number of carbonyl (C=O) groups is 4. The van der Waals surface area contributed by atoms with Gasteiger partial charge in [-0.05, 0) is 74.6 Å². The topological polar surface area (TPSA) is 143 Å². The number of benzene rings is 3. The molecular weight excluding hydrogens is 677 g/mol. The van der Waals surface area contributed by atoms with Gasteiger partial charge in [-0.1, -0.05) is 65.8 Å². The van der Waals surface area contributed by atoms with Gasteiger partial charge in [-0.2, -0.15) is 0 Å². The molecule has 0 radical (unpaired) electrons. The number of hydrogen-bond acceptors (Lipinski definition) is 8. The van der Waals surface area contributed by atoms with Crippen molar-refractivity contribution in [1.29, 1.82) is 0 Å². The Labute approximate surface area is 290 Å². The predicted molar refractivity (Wildman–Crippen MR) is 182 cm³/mol. The van der Waals surface area contributed by atoms with Crippen LogP contribution in [0, 0.1) is 17.8 Å². The smallest absolute Gasteiger partial charge is 0.262 e. The van der Waals surface area contributed by atoms with Crippen LogP contribution in [0.4, 0.5) is 0 Å². The highest BCUT2D eigenvalue weighted by Crippen LogP contribution is 2.57. The molecule has 3 aromatic carbocycles. The molecule has 50 heavy (non-hydrogen) atoms. The van der Waals surface area contributed by atoms with E-state index >= 15 is 0 Å². The Bertz CT molecular complexity index is 2180. The first-order valence-electron chi connectivity index (χ1n) is 16.8. The first-order valence-corrected chi connectivity index (χ1v) is 19.7.